The molecule has 80 valence electrons. The van der Waals surface area contributed by atoms with Gasteiger partial charge in [-0.1, -0.05) is 20.4 Å². The number of aliphatic carboxylic acids is 1. The Morgan fingerprint density at radius 3 is 2.21 bits per heavy atom. The molecule has 0 saturated carbocycles. The summed E-state index contributed by atoms with van der Waals surface area (Å²) >= 11 is 0. The van der Waals surface area contributed by atoms with Crippen molar-refractivity contribution in [3.8, 4) is 0 Å². The van der Waals surface area contributed by atoms with Crippen LogP contribution in [-0.2, 0) is 9.59 Å². The second kappa shape index (κ2) is 5.42. The molecular formula is C10H17NO3. The molecule has 1 amide bonds. The van der Waals surface area contributed by atoms with Gasteiger partial charge in [0.15, 0.2) is 0 Å². The Morgan fingerprint density at radius 2 is 1.93 bits per heavy atom. The molecule has 0 radical (unpaired) electrons. The largest absolute Gasteiger partial charge is 0.478 e. The van der Waals surface area contributed by atoms with E-state index < -0.39 is 5.97 Å². The molecular weight excluding hydrogens is 182 g/mol. The number of nitrogens with one attached hydrogen (secondary N) is 1. The summed E-state index contributed by atoms with van der Waals surface area (Å²) in [5, 5.41) is 11.3. The van der Waals surface area contributed by atoms with Crippen LogP contribution < -0.4 is 5.32 Å². The normalized spacial score (nSPS) is 12.3. The van der Waals surface area contributed by atoms with Crippen molar-refractivity contribution in [1.82, 2.24) is 5.32 Å². The molecule has 2 N–H and O–H groups in total. The van der Waals surface area contributed by atoms with Crippen molar-refractivity contribution in [1.29, 1.82) is 0 Å². The Bertz CT molecular complexity index is 246. The first-order chi connectivity index (χ1) is 6.34. The van der Waals surface area contributed by atoms with Crippen molar-refractivity contribution in [3.63, 3.8) is 0 Å². The first-order valence-corrected chi connectivity index (χ1v) is 4.52. The SMILES string of the molecule is C=C(C[C@H](NC(C)=O)C(C)C)C(=O)O. The lowest BCUT2D eigenvalue weighted by Crippen LogP contribution is -2.37. The molecule has 0 rings (SSSR count). The number of carboxylic acids is 1. The molecule has 1 atom stereocenters. The third kappa shape index (κ3) is 4.64. The molecule has 0 heterocycles. The summed E-state index contributed by atoms with van der Waals surface area (Å²) in [5.74, 6) is -0.974. The summed E-state index contributed by atoms with van der Waals surface area (Å²) in [6.07, 6.45) is 0.284. The maximum absolute atomic E-state index is 10.8. The number of hydrogen-bond acceptors (Lipinski definition) is 2. The smallest absolute Gasteiger partial charge is 0.331 e. The molecule has 0 bridgehead atoms. The van der Waals surface area contributed by atoms with Gasteiger partial charge in [-0.3, -0.25) is 4.79 Å². The van der Waals surface area contributed by atoms with Gasteiger partial charge < -0.3 is 10.4 Å². The van der Waals surface area contributed by atoms with Crippen LogP contribution in [0.25, 0.3) is 0 Å². The summed E-state index contributed by atoms with van der Waals surface area (Å²) in [7, 11) is 0. The molecule has 0 spiro atoms. The van der Waals surface area contributed by atoms with Gasteiger partial charge in [-0.2, -0.15) is 0 Å². The van der Waals surface area contributed by atoms with Crippen LogP contribution in [-0.4, -0.2) is 23.0 Å². The highest BCUT2D eigenvalue weighted by atomic mass is 16.4. The van der Waals surface area contributed by atoms with Gasteiger partial charge >= 0.3 is 5.97 Å². The fourth-order valence-electron chi connectivity index (χ4n) is 1.07. The van der Waals surface area contributed by atoms with E-state index in [0.29, 0.717) is 0 Å². The predicted molar refractivity (Wildman–Crippen MR) is 53.8 cm³/mol. The molecule has 0 unspecified atom stereocenters. The molecule has 0 aliphatic carbocycles. The lowest BCUT2D eigenvalue weighted by atomic mass is 9.97. The summed E-state index contributed by atoms with van der Waals surface area (Å²) in [4.78, 5) is 21.4. The minimum atomic E-state index is -1.01. The van der Waals surface area contributed by atoms with Gasteiger partial charge in [0.1, 0.15) is 0 Å². The van der Waals surface area contributed by atoms with E-state index in [0.717, 1.165) is 0 Å². The summed E-state index contributed by atoms with van der Waals surface area (Å²) < 4.78 is 0. The maximum Gasteiger partial charge on any atom is 0.331 e. The molecule has 14 heavy (non-hydrogen) atoms. The zero-order valence-corrected chi connectivity index (χ0v) is 8.83. The van der Waals surface area contributed by atoms with Crippen molar-refractivity contribution in [2.45, 2.75) is 33.2 Å². The third-order valence-corrected chi connectivity index (χ3v) is 1.96. The minimum absolute atomic E-state index is 0.123. The van der Waals surface area contributed by atoms with Crippen LogP contribution in [0.15, 0.2) is 12.2 Å². The lowest BCUT2D eigenvalue weighted by molar-refractivity contribution is -0.133. The van der Waals surface area contributed by atoms with E-state index in [4.69, 9.17) is 5.11 Å². The highest BCUT2D eigenvalue weighted by molar-refractivity contribution is 5.86. The Balaban J connectivity index is 4.30. The molecule has 0 saturated heterocycles. The maximum atomic E-state index is 10.8. The first-order valence-electron chi connectivity index (χ1n) is 4.52. The van der Waals surface area contributed by atoms with Crippen molar-refractivity contribution in [2.75, 3.05) is 0 Å². The Hall–Kier alpha value is -1.32. The third-order valence-electron chi connectivity index (χ3n) is 1.96. The van der Waals surface area contributed by atoms with E-state index in [-0.39, 0.29) is 29.9 Å². The first kappa shape index (κ1) is 12.7. The van der Waals surface area contributed by atoms with E-state index in [1.165, 1.54) is 6.92 Å². The fraction of sp³-hybridized carbons (Fsp3) is 0.600. The van der Waals surface area contributed by atoms with Crippen LogP contribution in [0.4, 0.5) is 0 Å². The molecule has 0 aromatic heterocycles. The van der Waals surface area contributed by atoms with Gasteiger partial charge in [0.05, 0.1) is 0 Å². The van der Waals surface area contributed by atoms with Crippen LogP contribution in [0.1, 0.15) is 27.2 Å². The second-order valence-corrected chi connectivity index (χ2v) is 3.66. The van der Waals surface area contributed by atoms with Crippen molar-refractivity contribution >= 4 is 11.9 Å². The monoisotopic (exact) mass is 199 g/mol. The van der Waals surface area contributed by atoms with Gasteiger partial charge in [0, 0.05) is 18.5 Å². The summed E-state index contributed by atoms with van der Waals surface area (Å²) in [6.45, 7) is 8.70. The predicted octanol–water partition coefficient (Wildman–Crippen LogP) is 1.18. The number of amides is 1. The average Bonchev–Trinajstić information content (AvgIpc) is 2.01. The molecule has 0 aliphatic rings. The quantitative estimate of drug-likeness (QED) is 0.653. The highest BCUT2D eigenvalue weighted by Crippen LogP contribution is 2.11. The van der Waals surface area contributed by atoms with Crippen molar-refractivity contribution in [2.24, 2.45) is 5.92 Å². The molecule has 0 aromatic rings. The van der Waals surface area contributed by atoms with Crippen molar-refractivity contribution in [3.05, 3.63) is 12.2 Å². The summed E-state index contributed by atoms with van der Waals surface area (Å²) in [5.41, 5.74) is 0.123. The topological polar surface area (TPSA) is 66.4 Å². The molecule has 4 heteroatoms. The standard InChI is InChI=1S/C10H17NO3/c1-6(2)9(11-8(4)12)5-7(3)10(13)14/h6,9H,3,5H2,1-2,4H3,(H,11,12)(H,13,14)/t9-/m0/s1. The van der Waals surface area contributed by atoms with Gasteiger partial charge in [-0.05, 0) is 12.3 Å². The van der Waals surface area contributed by atoms with E-state index in [1.54, 1.807) is 0 Å². The number of hydrogen-bond donors (Lipinski definition) is 2. The molecule has 4 nitrogen and oxygen atoms in total. The minimum Gasteiger partial charge on any atom is -0.478 e. The van der Waals surface area contributed by atoms with E-state index >= 15 is 0 Å². The Morgan fingerprint density at radius 1 is 1.43 bits per heavy atom. The average molecular weight is 199 g/mol. The Kier molecular flexibility index (Phi) is 4.91. The molecule has 0 fully saturated rings. The number of carbonyl (C=O) groups is 2. The highest BCUT2D eigenvalue weighted by Gasteiger charge is 2.17. The fourth-order valence-corrected chi connectivity index (χ4v) is 1.07. The van der Waals surface area contributed by atoms with Crippen LogP contribution in [0.3, 0.4) is 0 Å². The van der Waals surface area contributed by atoms with Gasteiger partial charge in [0.2, 0.25) is 5.91 Å². The zero-order chi connectivity index (χ0) is 11.3. The molecule has 0 aliphatic heterocycles. The van der Waals surface area contributed by atoms with E-state index in [2.05, 4.69) is 11.9 Å². The van der Waals surface area contributed by atoms with Gasteiger partial charge in [-0.15, -0.1) is 0 Å². The summed E-state index contributed by atoms with van der Waals surface area (Å²) in [6, 6.07) is -0.156. The van der Waals surface area contributed by atoms with Crippen LogP contribution >= 0.6 is 0 Å². The van der Waals surface area contributed by atoms with Crippen LogP contribution in [0.2, 0.25) is 0 Å². The molecule has 0 aromatic carbocycles. The Labute approximate surface area is 84.0 Å². The van der Waals surface area contributed by atoms with E-state index in [9.17, 15) is 9.59 Å². The van der Waals surface area contributed by atoms with E-state index in [1.807, 2.05) is 13.8 Å². The van der Waals surface area contributed by atoms with Gasteiger partial charge in [-0.25, -0.2) is 4.79 Å². The van der Waals surface area contributed by atoms with Crippen molar-refractivity contribution < 1.29 is 14.7 Å². The number of rotatable bonds is 5. The van der Waals surface area contributed by atoms with Crippen LogP contribution in [0.5, 0.6) is 0 Å². The van der Waals surface area contributed by atoms with Gasteiger partial charge in [0.25, 0.3) is 0 Å². The lowest BCUT2D eigenvalue weighted by Gasteiger charge is -2.21. The zero-order valence-electron chi connectivity index (χ0n) is 8.83. The number of carbonyl (C=O) groups excluding carboxylic acids is 1. The number of carboxylic acid groups (broad SMARTS) is 1. The second-order valence-electron chi connectivity index (χ2n) is 3.66. The van der Waals surface area contributed by atoms with Crippen LogP contribution in [0, 0.1) is 5.92 Å².